The Labute approximate surface area is 146 Å². The van der Waals surface area contributed by atoms with Crippen LogP contribution >= 0.6 is 0 Å². The van der Waals surface area contributed by atoms with Crippen molar-refractivity contribution in [3.05, 3.63) is 36.0 Å². The van der Waals surface area contributed by atoms with E-state index in [1.807, 2.05) is 6.07 Å². The molecule has 134 valence electrons. The minimum absolute atomic E-state index is 0.0980. The van der Waals surface area contributed by atoms with E-state index in [4.69, 9.17) is 9.47 Å². The summed E-state index contributed by atoms with van der Waals surface area (Å²) in [5.41, 5.74) is 0.681. The highest BCUT2D eigenvalue weighted by molar-refractivity contribution is 5.88. The molecule has 0 bridgehead atoms. The number of aromatic nitrogens is 1. The van der Waals surface area contributed by atoms with Gasteiger partial charge in [-0.1, -0.05) is 12.1 Å². The summed E-state index contributed by atoms with van der Waals surface area (Å²) in [4.78, 5) is 27.7. The molecule has 0 aliphatic rings. The molecule has 25 heavy (non-hydrogen) atoms. The van der Waals surface area contributed by atoms with Gasteiger partial charge in [0.15, 0.2) is 0 Å². The first-order valence-electron chi connectivity index (χ1n) is 7.84. The molecule has 2 rings (SSSR count). The number of carbonyl (C=O) groups is 2. The van der Waals surface area contributed by atoms with Gasteiger partial charge in [0.25, 0.3) is 0 Å². The maximum absolute atomic E-state index is 11.9. The van der Waals surface area contributed by atoms with Crippen LogP contribution in [0.15, 0.2) is 30.5 Å². The zero-order valence-corrected chi connectivity index (χ0v) is 14.7. The molecule has 1 unspecified atom stereocenters. The van der Waals surface area contributed by atoms with Crippen molar-refractivity contribution in [1.29, 1.82) is 0 Å². The molecule has 1 aromatic carbocycles. The summed E-state index contributed by atoms with van der Waals surface area (Å²) in [5.74, 6) is -0.537. The maximum atomic E-state index is 11.9. The van der Waals surface area contributed by atoms with Crippen LogP contribution < -0.4 is 10.1 Å². The molecular weight excluding hydrogens is 324 g/mol. The Kier molecular flexibility index (Phi) is 5.46. The molecular formula is C18H22N2O5. The highest BCUT2D eigenvalue weighted by Gasteiger charge is 2.25. The Balaban J connectivity index is 2.27. The second-order valence-corrected chi connectivity index (χ2v) is 6.57. The molecule has 0 saturated heterocycles. The third-order valence-corrected chi connectivity index (χ3v) is 3.46. The fourth-order valence-electron chi connectivity index (χ4n) is 2.42. The molecule has 1 amide bonds. The second-order valence-electron chi connectivity index (χ2n) is 6.57. The summed E-state index contributed by atoms with van der Waals surface area (Å²) >= 11 is 0. The van der Waals surface area contributed by atoms with Gasteiger partial charge in [0.05, 0.1) is 7.11 Å². The van der Waals surface area contributed by atoms with Crippen molar-refractivity contribution in [2.75, 3.05) is 7.11 Å². The Morgan fingerprint density at radius 2 is 2.00 bits per heavy atom. The molecule has 1 heterocycles. The average molecular weight is 346 g/mol. The lowest BCUT2D eigenvalue weighted by Gasteiger charge is -2.22. The molecule has 7 heteroatoms. The first kappa shape index (κ1) is 18.5. The van der Waals surface area contributed by atoms with Crippen molar-refractivity contribution in [3.8, 4) is 5.75 Å². The summed E-state index contributed by atoms with van der Waals surface area (Å²) in [7, 11) is 1.55. The minimum atomic E-state index is -1.14. The molecule has 1 aromatic heterocycles. The van der Waals surface area contributed by atoms with Crippen LogP contribution in [-0.4, -0.2) is 40.9 Å². The molecule has 0 radical (unpaired) electrons. The van der Waals surface area contributed by atoms with E-state index in [1.165, 1.54) is 0 Å². The number of pyridine rings is 1. The van der Waals surface area contributed by atoms with Gasteiger partial charge in [-0.05, 0) is 38.5 Å². The van der Waals surface area contributed by atoms with Crippen molar-refractivity contribution in [1.82, 2.24) is 10.3 Å². The SMILES string of the molecule is COc1ccc(CC(NC(=O)OC(C)(C)C)C(=O)O)c2cccnc12. The monoisotopic (exact) mass is 346 g/mol. The van der Waals surface area contributed by atoms with Gasteiger partial charge < -0.3 is 19.9 Å². The van der Waals surface area contributed by atoms with E-state index in [2.05, 4.69) is 10.3 Å². The van der Waals surface area contributed by atoms with Gasteiger partial charge in [-0.3, -0.25) is 4.98 Å². The Morgan fingerprint density at radius 1 is 1.28 bits per heavy atom. The highest BCUT2D eigenvalue weighted by atomic mass is 16.6. The zero-order valence-electron chi connectivity index (χ0n) is 14.7. The number of ether oxygens (including phenoxy) is 2. The van der Waals surface area contributed by atoms with Crippen LogP contribution in [0, 0.1) is 0 Å². The van der Waals surface area contributed by atoms with Crippen molar-refractivity contribution < 1.29 is 24.2 Å². The first-order chi connectivity index (χ1) is 11.7. The lowest BCUT2D eigenvalue weighted by Crippen LogP contribution is -2.44. The first-order valence-corrected chi connectivity index (χ1v) is 7.84. The quantitative estimate of drug-likeness (QED) is 0.864. The number of carboxylic acid groups (broad SMARTS) is 1. The Hall–Kier alpha value is -2.83. The van der Waals surface area contributed by atoms with Crippen LogP contribution in [0.25, 0.3) is 10.9 Å². The lowest BCUT2D eigenvalue weighted by atomic mass is 10.0. The number of rotatable bonds is 5. The van der Waals surface area contributed by atoms with Gasteiger partial charge in [-0.2, -0.15) is 0 Å². The van der Waals surface area contributed by atoms with E-state index in [0.29, 0.717) is 11.3 Å². The number of nitrogens with zero attached hydrogens (tertiary/aromatic N) is 1. The number of amides is 1. The van der Waals surface area contributed by atoms with Crippen LogP contribution in [-0.2, 0) is 16.0 Å². The third kappa shape index (κ3) is 4.82. The van der Waals surface area contributed by atoms with Gasteiger partial charge in [0.1, 0.15) is 22.9 Å². The van der Waals surface area contributed by atoms with Crippen molar-refractivity contribution in [2.45, 2.75) is 38.8 Å². The number of carboxylic acids is 1. The summed E-state index contributed by atoms with van der Waals surface area (Å²) < 4.78 is 10.4. The standard InChI is InChI=1S/C18H22N2O5/c1-18(2,3)25-17(23)20-13(16(21)22)10-11-7-8-14(24-4)15-12(11)6-5-9-19-15/h5-9,13H,10H2,1-4H3,(H,20,23)(H,21,22). The summed E-state index contributed by atoms with van der Waals surface area (Å²) in [6, 6.07) is 5.99. The van der Waals surface area contributed by atoms with E-state index >= 15 is 0 Å². The van der Waals surface area contributed by atoms with E-state index < -0.39 is 23.7 Å². The van der Waals surface area contributed by atoms with E-state index in [1.54, 1.807) is 52.3 Å². The fraction of sp³-hybridized carbons (Fsp3) is 0.389. The van der Waals surface area contributed by atoms with Crippen LogP contribution in [0.4, 0.5) is 4.79 Å². The predicted octanol–water partition coefficient (Wildman–Crippen LogP) is 2.76. The number of carbonyl (C=O) groups excluding carboxylic acids is 1. The van der Waals surface area contributed by atoms with Gasteiger partial charge in [-0.15, -0.1) is 0 Å². The zero-order chi connectivity index (χ0) is 18.6. The van der Waals surface area contributed by atoms with E-state index in [0.717, 1.165) is 10.9 Å². The van der Waals surface area contributed by atoms with Crippen LogP contribution in [0.3, 0.4) is 0 Å². The maximum Gasteiger partial charge on any atom is 0.408 e. The number of methoxy groups -OCH3 is 1. The Bertz CT molecular complexity index is 783. The largest absolute Gasteiger partial charge is 0.494 e. The number of benzene rings is 1. The topological polar surface area (TPSA) is 97.8 Å². The number of nitrogens with one attached hydrogen (secondary N) is 1. The fourth-order valence-corrected chi connectivity index (χ4v) is 2.42. The van der Waals surface area contributed by atoms with Gasteiger partial charge in [0.2, 0.25) is 0 Å². The molecule has 7 nitrogen and oxygen atoms in total. The molecule has 0 spiro atoms. The second kappa shape index (κ2) is 7.38. The van der Waals surface area contributed by atoms with Crippen molar-refractivity contribution >= 4 is 23.0 Å². The summed E-state index contributed by atoms with van der Waals surface area (Å²) in [6.07, 6.45) is 0.971. The number of alkyl carbamates (subject to hydrolysis) is 1. The van der Waals surface area contributed by atoms with Gasteiger partial charge in [0, 0.05) is 18.0 Å². The Morgan fingerprint density at radius 3 is 2.60 bits per heavy atom. The summed E-state index contributed by atoms with van der Waals surface area (Å²) in [6.45, 7) is 5.14. The number of hydrogen-bond donors (Lipinski definition) is 2. The molecule has 0 aliphatic heterocycles. The number of aliphatic carboxylic acids is 1. The molecule has 0 aliphatic carbocycles. The van der Waals surface area contributed by atoms with Crippen molar-refractivity contribution in [3.63, 3.8) is 0 Å². The molecule has 2 aromatic rings. The van der Waals surface area contributed by atoms with Crippen molar-refractivity contribution in [2.24, 2.45) is 0 Å². The molecule has 0 saturated carbocycles. The molecule has 2 N–H and O–H groups in total. The normalized spacial score (nSPS) is 12.5. The van der Waals surface area contributed by atoms with Gasteiger partial charge in [-0.25, -0.2) is 9.59 Å². The highest BCUT2D eigenvalue weighted by Crippen LogP contribution is 2.27. The van der Waals surface area contributed by atoms with Crippen LogP contribution in [0.2, 0.25) is 0 Å². The van der Waals surface area contributed by atoms with Crippen LogP contribution in [0.5, 0.6) is 5.75 Å². The summed E-state index contributed by atoms with van der Waals surface area (Å²) in [5, 5.41) is 12.6. The number of hydrogen-bond acceptors (Lipinski definition) is 5. The molecule has 1 atom stereocenters. The van der Waals surface area contributed by atoms with E-state index in [-0.39, 0.29) is 6.42 Å². The van der Waals surface area contributed by atoms with E-state index in [9.17, 15) is 14.7 Å². The third-order valence-electron chi connectivity index (χ3n) is 3.46. The lowest BCUT2D eigenvalue weighted by molar-refractivity contribution is -0.139. The molecule has 0 fully saturated rings. The smallest absolute Gasteiger partial charge is 0.408 e. The van der Waals surface area contributed by atoms with Crippen LogP contribution in [0.1, 0.15) is 26.3 Å². The number of fused-ring (bicyclic) bond motifs is 1. The predicted molar refractivity (Wildman–Crippen MR) is 92.8 cm³/mol. The van der Waals surface area contributed by atoms with Gasteiger partial charge >= 0.3 is 12.1 Å². The minimum Gasteiger partial charge on any atom is -0.494 e. The average Bonchev–Trinajstić information content (AvgIpc) is 2.52.